The highest BCUT2D eigenvalue weighted by atomic mass is 32.2. The first-order chi connectivity index (χ1) is 8.35. The van der Waals surface area contributed by atoms with Gasteiger partial charge in [0.2, 0.25) is 10.0 Å². The molecule has 18 heavy (non-hydrogen) atoms. The zero-order valence-electron chi connectivity index (χ0n) is 10.4. The number of rotatable bonds is 3. The van der Waals surface area contributed by atoms with Gasteiger partial charge < -0.3 is 10.5 Å². The van der Waals surface area contributed by atoms with Crippen molar-refractivity contribution in [2.75, 3.05) is 12.3 Å². The van der Waals surface area contributed by atoms with Gasteiger partial charge in [-0.15, -0.1) is 0 Å². The minimum absolute atomic E-state index is 0.00493. The van der Waals surface area contributed by atoms with Crippen LogP contribution in [0.1, 0.15) is 20.3 Å². The van der Waals surface area contributed by atoms with Crippen LogP contribution in [0.5, 0.6) is 0 Å². The molecule has 0 aromatic carbocycles. The fraction of sp³-hybridized carbons (Fsp3) is 0.545. The van der Waals surface area contributed by atoms with Gasteiger partial charge in [0.05, 0.1) is 17.3 Å². The van der Waals surface area contributed by atoms with Gasteiger partial charge in [-0.25, -0.2) is 13.1 Å². The van der Waals surface area contributed by atoms with Crippen molar-refractivity contribution < 1.29 is 13.2 Å². The Morgan fingerprint density at radius 1 is 1.61 bits per heavy atom. The second-order valence-electron chi connectivity index (χ2n) is 4.70. The molecule has 1 saturated heterocycles. The molecule has 0 aliphatic carbocycles. The average molecular weight is 271 g/mol. The first-order valence-corrected chi connectivity index (χ1v) is 7.18. The molecule has 0 amide bonds. The van der Waals surface area contributed by atoms with Gasteiger partial charge in [-0.3, -0.25) is 4.98 Å². The highest BCUT2D eigenvalue weighted by Crippen LogP contribution is 2.28. The average Bonchev–Trinajstić information content (AvgIpc) is 2.58. The maximum atomic E-state index is 12.3. The maximum absolute atomic E-state index is 12.3. The molecule has 2 unspecified atom stereocenters. The third-order valence-corrected chi connectivity index (χ3v) is 5.02. The molecule has 1 aliphatic rings. The van der Waals surface area contributed by atoms with Crippen LogP contribution < -0.4 is 10.5 Å². The summed E-state index contributed by atoms with van der Waals surface area (Å²) >= 11 is 0. The van der Waals surface area contributed by atoms with Crippen molar-refractivity contribution in [3.63, 3.8) is 0 Å². The summed E-state index contributed by atoms with van der Waals surface area (Å²) in [7, 11) is -3.68. The van der Waals surface area contributed by atoms with E-state index in [4.69, 9.17) is 10.5 Å². The summed E-state index contributed by atoms with van der Waals surface area (Å²) in [5.41, 5.74) is 5.25. The highest BCUT2D eigenvalue weighted by molar-refractivity contribution is 7.89. The van der Waals surface area contributed by atoms with E-state index in [-0.39, 0.29) is 16.7 Å². The normalized spacial score (nSPS) is 28.4. The fourth-order valence-electron chi connectivity index (χ4n) is 1.95. The first kappa shape index (κ1) is 13.3. The van der Waals surface area contributed by atoms with E-state index in [2.05, 4.69) is 9.71 Å². The van der Waals surface area contributed by atoms with E-state index in [9.17, 15) is 8.42 Å². The number of hydrogen-bond donors (Lipinski definition) is 2. The Morgan fingerprint density at radius 2 is 2.33 bits per heavy atom. The van der Waals surface area contributed by atoms with Gasteiger partial charge in [-0.05, 0) is 26.3 Å². The third-order valence-electron chi connectivity index (χ3n) is 3.36. The number of hydrogen-bond acceptors (Lipinski definition) is 5. The van der Waals surface area contributed by atoms with Gasteiger partial charge in [-0.2, -0.15) is 0 Å². The predicted octanol–water partition coefficient (Wildman–Crippen LogP) is 0.510. The highest BCUT2D eigenvalue weighted by Gasteiger charge is 2.41. The van der Waals surface area contributed by atoms with Crippen molar-refractivity contribution in [3.8, 4) is 0 Å². The Hall–Kier alpha value is -1.18. The summed E-state index contributed by atoms with van der Waals surface area (Å²) in [5.74, 6) is 0. The van der Waals surface area contributed by atoms with Crippen LogP contribution in [0, 0.1) is 0 Å². The van der Waals surface area contributed by atoms with Gasteiger partial charge >= 0.3 is 0 Å². The molecular formula is C11H17N3O3S. The molecule has 0 spiro atoms. The zero-order valence-corrected chi connectivity index (χ0v) is 11.2. The topological polar surface area (TPSA) is 94.3 Å². The van der Waals surface area contributed by atoms with Crippen molar-refractivity contribution in [3.05, 3.63) is 18.5 Å². The number of ether oxygens (including phenoxy) is 1. The van der Waals surface area contributed by atoms with Crippen LogP contribution in [-0.2, 0) is 14.8 Å². The standard InChI is InChI=1S/C11H17N3O3S/c1-8-11(2,4-6-17-8)14-18(15,16)10-7-13-5-3-9(10)12/h3,5,7-8,14H,4,6H2,1-2H3,(H2,12,13). The number of nitrogens with two attached hydrogens (primary N) is 1. The van der Waals surface area contributed by atoms with Gasteiger partial charge in [0.25, 0.3) is 0 Å². The summed E-state index contributed by atoms with van der Waals surface area (Å²) in [4.78, 5) is 3.80. The molecule has 3 N–H and O–H groups in total. The van der Waals surface area contributed by atoms with Crippen molar-refractivity contribution in [1.82, 2.24) is 9.71 Å². The molecule has 0 radical (unpaired) electrons. The van der Waals surface area contributed by atoms with E-state index in [1.54, 1.807) is 0 Å². The summed E-state index contributed by atoms with van der Waals surface area (Å²) in [5, 5.41) is 0. The minimum Gasteiger partial charge on any atom is -0.398 e. The minimum atomic E-state index is -3.68. The zero-order chi connectivity index (χ0) is 13.4. The van der Waals surface area contributed by atoms with E-state index < -0.39 is 15.6 Å². The molecule has 1 aromatic heterocycles. The lowest BCUT2D eigenvalue weighted by molar-refractivity contribution is 0.0957. The molecule has 1 aliphatic heterocycles. The number of anilines is 1. The van der Waals surface area contributed by atoms with Crippen LogP contribution in [0.3, 0.4) is 0 Å². The monoisotopic (exact) mass is 271 g/mol. The molecule has 0 saturated carbocycles. The fourth-order valence-corrected chi connectivity index (χ4v) is 3.52. The van der Waals surface area contributed by atoms with Crippen LogP contribution >= 0.6 is 0 Å². The SMILES string of the molecule is CC1OCCC1(C)NS(=O)(=O)c1cnccc1N. The molecule has 0 bridgehead atoms. The number of nitrogens with zero attached hydrogens (tertiary/aromatic N) is 1. The van der Waals surface area contributed by atoms with Crippen LogP contribution in [0.4, 0.5) is 5.69 Å². The molecule has 6 nitrogen and oxygen atoms in total. The third kappa shape index (κ3) is 2.33. The lowest BCUT2D eigenvalue weighted by Crippen LogP contribution is -2.50. The van der Waals surface area contributed by atoms with E-state index >= 15 is 0 Å². The quantitative estimate of drug-likeness (QED) is 0.835. The number of aromatic nitrogens is 1. The summed E-state index contributed by atoms with van der Waals surface area (Å²) < 4.78 is 32.6. The van der Waals surface area contributed by atoms with Gasteiger partial charge in [0.1, 0.15) is 4.90 Å². The molecule has 2 heterocycles. The number of pyridine rings is 1. The predicted molar refractivity (Wildman–Crippen MR) is 67.4 cm³/mol. The molecule has 2 atom stereocenters. The van der Waals surface area contributed by atoms with E-state index in [0.29, 0.717) is 13.0 Å². The van der Waals surface area contributed by atoms with Crippen molar-refractivity contribution >= 4 is 15.7 Å². The van der Waals surface area contributed by atoms with Crippen LogP contribution in [0.25, 0.3) is 0 Å². The number of sulfonamides is 1. The van der Waals surface area contributed by atoms with Crippen LogP contribution in [0.15, 0.2) is 23.4 Å². The van der Waals surface area contributed by atoms with Gasteiger partial charge in [0.15, 0.2) is 0 Å². The number of nitrogen functional groups attached to an aromatic ring is 1. The van der Waals surface area contributed by atoms with Gasteiger partial charge in [0, 0.05) is 19.0 Å². The van der Waals surface area contributed by atoms with Crippen LogP contribution in [-0.4, -0.2) is 31.7 Å². The molecule has 2 rings (SSSR count). The second-order valence-corrected chi connectivity index (χ2v) is 6.35. The van der Waals surface area contributed by atoms with E-state index in [1.165, 1.54) is 18.5 Å². The summed E-state index contributed by atoms with van der Waals surface area (Å²) in [6, 6.07) is 1.46. The Balaban J connectivity index is 2.31. The lowest BCUT2D eigenvalue weighted by atomic mass is 9.97. The van der Waals surface area contributed by atoms with Crippen molar-refractivity contribution in [1.29, 1.82) is 0 Å². The molecule has 7 heteroatoms. The van der Waals surface area contributed by atoms with Crippen molar-refractivity contribution in [2.45, 2.75) is 36.8 Å². The van der Waals surface area contributed by atoms with E-state index in [0.717, 1.165) is 0 Å². The summed E-state index contributed by atoms with van der Waals surface area (Å²) in [6.45, 7) is 4.22. The molecule has 1 aromatic rings. The maximum Gasteiger partial charge on any atom is 0.244 e. The lowest BCUT2D eigenvalue weighted by Gasteiger charge is -2.28. The Bertz CT molecular complexity index is 546. The Labute approximate surface area is 107 Å². The molecule has 1 fully saturated rings. The van der Waals surface area contributed by atoms with Crippen LogP contribution in [0.2, 0.25) is 0 Å². The van der Waals surface area contributed by atoms with E-state index in [1.807, 2.05) is 13.8 Å². The molecule has 100 valence electrons. The Kier molecular flexibility index (Phi) is 3.31. The number of nitrogens with one attached hydrogen (secondary N) is 1. The Morgan fingerprint density at radius 3 is 2.89 bits per heavy atom. The van der Waals surface area contributed by atoms with Crippen molar-refractivity contribution in [2.24, 2.45) is 0 Å². The first-order valence-electron chi connectivity index (χ1n) is 5.70. The smallest absolute Gasteiger partial charge is 0.244 e. The largest absolute Gasteiger partial charge is 0.398 e. The van der Waals surface area contributed by atoms with Gasteiger partial charge in [-0.1, -0.05) is 0 Å². The molecular weight excluding hydrogens is 254 g/mol. The second kappa shape index (κ2) is 4.49. The summed E-state index contributed by atoms with van der Waals surface area (Å²) in [6.07, 6.45) is 3.16.